The Balaban J connectivity index is 2.06. The summed E-state index contributed by atoms with van der Waals surface area (Å²) in [6, 6.07) is 9.47. The van der Waals surface area contributed by atoms with Gasteiger partial charge in [0.25, 0.3) is 0 Å². The fourth-order valence-electron chi connectivity index (χ4n) is 2.09. The zero-order valence-electron chi connectivity index (χ0n) is 11.8. The van der Waals surface area contributed by atoms with E-state index in [0.29, 0.717) is 11.3 Å². The summed E-state index contributed by atoms with van der Waals surface area (Å²) >= 11 is 0. The Bertz CT molecular complexity index is 596. The molecule has 20 heavy (non-hydrogen) atoms. The van der Waals surface area contributed by atoms with Crippen LogP contribution in [0.2, 0.25) is 0 Å². The second kappa shape index (κ2) is 6.19. The van der Waals surface area contributed by atoms with Gasteiger partial charge in [-0.25, -0.2) is 0 Å². The van der Waals surface area contributed by atoms with Gasteiger partial charge >= 0.3 is 0 Å². The molecule has 1 aromatic carbocycles. The predicted octanol–water partition coefficient (Wildman–Crippen LogP) is 2.55. The number of benzene rings is 1. The van der Waals surface area contributed by atoms with Crippen molar-refractivity contribution in [2.75, 3.05) is 24.2 Å². The first-order valence-corrected chi connectivity index (χ1v) is 6.58. The minimum atomic E-state index is 0.0303. The molecule has 0 fully saturated rings. The molecule has 4 heteroatoms. The average molecular weight is 269 g/mol. The van der Waals surface area contributed by atoms with Crippen LogP contribution in [0, 0.1) is 0 Å². The van der Waals surface area contributed by atoms with E-state index in [9.17, 15) is 4.79 Å². The SMILES string of the molecule is CC(=O)c1ccc(N(C)CCc2ccncc2)c(N)c1. The largest absolute Gasteiger partial charge is 0.397 e. The number of rotatable bonds is 5. The van der Waals surface area contributed by atoms with Gasteiger partial charge in [-0.3, -0.25) is 9.78 Å². The first-order valence-electron chi connectivity index (χ1n) is 6.58. The summed E-state index contributed by atoms with van der Waals surface area (Å²) in [4.78, 5) is 17.4. The van der Waals surface area contributed by atoms with Crippen molar-refractivity contribution in [3.63, 3.8) is 0 Å². The number of pyridine rings is 1. The molecular weight excluding hydrogens is 250 g/mol. The number of nitrogen functional groups attached to an aromatic ring is 1. The quantitative estimate of drug-likeness (QED) is 0.669. The molecule has 1 aromatic heterocycles. The molecule has 0 bridgehead atoms. The van der Waals surface area contributed by atoms with Gasteiger partial charge < -0.3 is 10.6 Å². The lowest BCUT2D eigenvalue weighted by atomic mass is 10.1. The Labute approximate surface area is 119 Å². The van der Waals surface area contributed by atoms with Gasteiger partial charge in [-0.05, 0) is 49.2 Å². The molecule has 0 aliphatic rings. The van der Waals surface area contributed by atoms with Gasteiger partial charge in [-0.15, -0.1) is 0 Å². The standard InChI is InChI=1S/C16H19N3O/c1-12(20)14-3-4-16(15(17)11-14)19(2)10-7-13-5-8-18-9-6-13/h3-6,8-9,11H,7,10,17H2,1-2H3. The van der Waals surface area contributed by atoms with Gasteiger partial charge in [0.2, 0.25) is 0 Å². The smallest absolute Gasteiger partial charge is 0.159 e. The van der Waals surface area contributed by atoms with E-state index in [1.807, 2.05) is 31.3 Å². The molecule has 2 rings (SSSR count). The Morgan fingerprint density at radius 2 is 1.95 bits per heavy atom. The molecule has 104 valence electrons. The topological polar surface area (TPSA) is 59.2 Å². The van der Waals surface area contributed by atoms with E-state index in [1.54, 1.807) is 25.4 Å². The van der Waals surface area contributed by atoms with Gasteiger partial charge in [-0.1, -0.05) is 0 Å². The summed E-state index contributed by atoms with van der Waals surface area (Å²) in [7, 11) is 2.00. The lowest BCUT2D eigenvalue weighted by molar-refractivity contribution is 0.101. The van der Waals surface area contributed by atoms with E-state index < -0.39 is 0 Å². The van der Waals surface area contributed by atoms with E-state index in [-0.39, 0.29) is 5.78 Å². The van der Waals surface area contributed by atoms with E-state index >= 15 is 0 Å². The lowest BCUT2D eigenvalue weighted by Crippen LogP contribution is -2.21. The maximum Gasteiger partial charge on any atom is 0.159 e. The van der Waals surface area contributed by atoms with Crippen LogP contribution in [0.5, 0.6) is 0 Å². The molecule has 2 N–H and O–H groups in total. The Morgan fingerprint density at radius 3 is 2.55 bits per heavy atom. The third-order valence-corrected chi connectivity index (χ3v) is 3.33. The van der Waals surface area contributed by atoms with Crippen LogP contribution in [-0.4, -0.2) is 24.4 Å². The van der Waals surface area contributed by atoms with Crippen molar-refractivity contribution in [3.8, 4) is 0 Å². The van der Waals surface area contributed by atoms with Crippen LogP contribution in [0.3, 0.4) is 0 Å². The fraction of sp³-hybridized carbons (Fsp3) is 0.250. The number of nitrogens with zero attached hydrogens (tertiary/aromatic N) is 2. The van der Waals surface area contributed by atoms with Crippen LogP contribution < -0.4 is 10.6 Å². The van der Waals surface area contributed by atoms with E-state index in [0.717, 1.165) is 18.7 Å². The average Bonchev–Trinajstić information content (AvgIpc) is 2.45. The fourth-order valence-corrected chi connectivity index (χ4v) is 2.09. The van der Waals surface area contributed by atoms with Crippen LogP contribution in [0.25, 0.3) is 0 Å². The molecular formula is C16H19N3O. The van der Waals surface area contributed by atoms with E-state index in [2.05, 4.69) is 9.88 Å². The molecule has 0 amide bonds. The highest BCUT2D eigenvalue weighted by Crippen LogP contribution is 2.23. The summed E-state index contributed by atoms with van der Waals surface area (Å²) in [5.41, 5.74) is 9.50. The van der Waals surface area contributed by atoms with Crippen molar-refractivity contribution >= 4 is 17.2 Å². The number of hydrogen-bond donors (Lipinski definition) is 1. The molecule has 0 spiro atoms. The van der Waals surface area contributed by atoms with Crippen molar-refractivity contribution < 1.29 is 4.79 Å². The minimum Gasteiger partial charge on any atom is -0.397 e. The summed E-state index contributed by atoms with van der Waals surface area (Å²) in [5.74, 6) is 0.0303. The van der Waals surface area contributed by atoms with Crippen LogP contribution in [0.4, 0.5) is 11.4 Å². The van der Waals surface area contributed by atoms with Crippen molar-refractivity contribution in [2.24, 2.45) is 0 Å². The highest BCUT2D eigenvalue weighted by molar-refractivity contribution is 5.96. The summed E-state index contributed by atoms with van der Waals surface area (Å²) < 4.78 is 0. The van der Waals surface area contributed by atoms with Crippen molar-refractivity contribution in [2.45, 2.75) is 13.3 Å². The van der Waals surface area contributed by atoms with Crippen molar-refractivity contribution in [1.29, 1.82) is 0 Å². The van der Waals surface area contributed by atoms with Crippen LogP contribution in [0.1, 0.15) is 22.8 Å². The van der Waals surface area contributed by atoms with E-state index in [1.165, 1.54) is 5.56 Å². The zero-order chi connectivity index (χ0) is 14.5. The lowest BCUT2D eigenvalue weighted by Gasteiger charge is -2.21. The molecule has 0 saturated heterocycles. The molecule has 0 radical (unpaired) electrons. The second-order valence-corrected chi connectivity index (χ2v) is 4.86. The van der Waals surface area contributed by atoms with Crippen LogP contribution in [0.15, 0.2) is 42.7 Å². The minimum absolute atomic E-state index is 0.0303. The van der Waals surface area contributed by atoms with E-state index in [4.69, 9.17) is 5.73 Å². The number of Topliss-reactive ketones (excluding diaryl/α,β-unsaturated/α-hetero) is 1. The molecule has 0 saturated carbocycles. The third kappa shape index (κ3) is 3.35. The number of carbonyl (C=O) groups is 1. The van der Waals surface area contributed by atoms with Gasteiger partial charge in [-0.2, -0.15) is 0 Å². The van der Waals surface area contributed by atoms with Gasteiger partial charge in [0, 0.05) is 31.5 Å². The molecule has 0 aliphatic heterocycles. The zero-order valence-corrected chi connectivity index (χ0v) is 11.8. The van der Waals surface area contributed by atoms with Gasteiger partial charge in [0.1, 0.15) is 0 Å². The number of aromatic nitrogens is 1. The predicted molar refractivity (Wildman–Crippen MR) is 82.1 cm³/mol. The maximum absolute atomic E-state index is 11.3. The van der Waals surface area contributed by atoms with Crippen LogP contribution >= 0.6 is 0 Å². The summed E-state index contributed by atoms with van der Waals surface area (Å²) in [6.45, 7) is 2.40. The Kier molecular flexibility index (Phi) is 4.35. The molecule has 4 nitrogen and oxygen atoms in total. The third-order valence-electron chi connectivity index (χ3n) is 3.33. The molecule has 0 atom stereocenters. The number of ketones is 1. The Hall–Kier alpha value is -2.36. The monoisotopic (exact) mass is 269 g/mol. The second-order valence-electron chi connectivity index (χ2n) is 4.86. The highest BCUT2D eigenvalue weighted by Gasteiger charge is 2.08. The molecule has 1 heterocycles. The summed E-state index contributed by atoms with van der Waals surface area (Å²) in [6.07, 6.45) is 4.52. The Morgan fingerprint density at radius 1 is 1.25 bits per heavy atom. The number of nitrogens with two attached hydrogens (primary N) is 1. The van der Waals surface area contributed by atoms with Crippen molar-refractivity contribution in [3.05, 3.63) is 53.9 Å². The molecule has 0 unspecified atom stereocenters. The number of hydrogen-bond acceptors (Lipinski definition) is 4. The number of anilines is 2. The first-order chi connectivity index (χ1) is 9.58. The van der Waals surface area contributed by atoms with Crippen molar-refractivity contribution in [1.82, 2.24) is 4.98 Å². The van der Waals surface area contributed by atoms with Crippen LogP contribution in [-0.2, 0) is 6.42 Å². The maximum atomic E-state index is 11.3. The van der Waals surface area contributed by atoms with Gasteiger partial charge in [0.05, 0.1) is 11.4 Å². The summed E-state index contributed by atoms with van der Waals surface area (Å²) in [5, 5.41) is 0. The highest BCUT2D eigenvalue weighted by atomic mass is 16.1. The molecule has 0 aliphatic carbocycles. The first kappa shape index (κ1) is 14.1. The number of likely N-dealkylation sites (N-methyl/N-ethyl adjacent to an activating group) is 1. The normalized spacial score (nSPS) is 10.3. The van der Waals surface area contributed by atoms with Gasteiger partial charge in [0.15, 0.2) is 5.78 Å². The number of carbonyl (C=O) groups excluding carboxylic acids is 1. The molecule has 2 aromatic rings.